The van der Waals surface area contributed by atoms with E-state index in [0.717, 1.165) is 64.8 Å². The van der Waals surface area contributed by atoms with E-state index >= 15 is 0 Å². The number of aromatic nitrogens is 2. The molecule has 0 atom stereocenters. The molecule has 1 saturated carbocycles. The molecule has 174 valence electrons. The number of ether oxygens (including phenoxy) is 1. The molecule has 0 spiro atoms. The van der Waals surface area contributed by atoms with Crippen molar-refractivity contribution in [3.63, 3.8) is 0 Å². The molecular formula is C22H37N5O4. The first kappa shape index (κ1) is 23.7. The van der Waals surface area contributed by atoms with Gasteiger partial charge in [0.15, 0.2) is 5.82 Å². The molecule has 9 heteroatoms. The largest absolute Gasteiger partial charge is 0.379 e. The normalized spacial score (nSPS) is 20.1. The van der Waals surface area contributed by atoms with Gasteiger partial charge in [0.2, 0.25) is 17.7 Å². The second kappa shape index (κ2) is 10.5. The Morgan fingerprint density at radius 2 is 1.81 bits per heavy atom. The first-order valence-corrected chi connectivity index (χ1v) is 11.5. The van der Waals surface area contributed by atoms with Crippen molar-refractivity contribution in [1.82, 2.24) is 25.7 Å². The summed E-state index contributed by atoms with van der Waals surface area (Å²) in [6.45, 7) is 9.60. The molecule has 0 radical (unpaired) electrons. The zero-order chi connectivity index (χ0) is 22.3. The summed E-state index contributed by atoms with van der Waals surface area (Å²) in [6, 6.07) is 0. The van der Waals surface area contributed by atoms with Gasteiger partial charge in [0.25, 0.3) is 0 Å². The minimum atomic E-state index is -0.561. The monoisotopic (exact) mass is 435 g/mol. The van der Waals surface area contributed by atoms with Gasteiger partial charge in [-0.15, -0.1) is 0 Å². The van der Waals surface area contributed by atoms with E-state index in [4.69, 9.17) is 9.26 Å². The average molecular weight is 436 g/mol. The summed E-state index contributed by atoms with van der Waals surface area (Å²) >= 11 is 0. The highest BCUT2D eigenvalue weighted by Crippen LogP contribution is 2.34. The fourth-order valence-electron chi connectivity index (χ4n) is 4.53. The van der Waals surface area contributed by atoms with Crippen molar-refractivity contribution in [1.29, 1.82) is 0 Å². The van der Waals surface area contributed by atoms with E-state index in [0.29, 0.717) is 24.7 Å². The Morgan fingerprint density at radius 1 is 1.13 bits per heavy atom. The smallest absolute Gasteiger partial charge is 0.227 e. The number of rotatable bonds is 8. The van der Waals surface area contributed by atoms with Crippen molar-refractivity contribution in [2.75, 3.05) is 32.8 Å². The second-order valence-corrected chi connectivity index (χ2v) is 9.38. The summed E-state index contributed by atoms with van der Waals surface area (Å²) in [6.07, 6.45) is 6.61. The van der Waals surface area contributed by atoms with E-state index in [1.807, 2.05) is 0 Å². The van der Waals surface area contributed by atoms with Crippen LogP contribution >= 0.6 is 0 Å². The lowest BCUT2D eigenvalue weighted by molar-refractivity contribution is -0.122. The molecule has 31 heavy (non-hydrogen) atoms. The van der Waals surface area contributed by atoms with E-state index in [9.17, 15) is 9.59 Å². The number of amides is 2. The Bertz CT molecular complexity index is 734. The molecule has 0 bridgehead atoms. The van der Waals surface area contributed by atoms with Gasteiger partial charge in [-0.05, 0) is 26.7 Å². The quantitative estimate of drug-likeness (QED) is 0.600. The van der Waals surface area contributed by atoms with Crippen molar-refractivity contribution in [3.8, 4) is 0 Å². The van der Waals surface area contributed by atoms with Gasteiger partial charge >= 0.3 is 0 Å². The van der Waals surface area contributed by atoms with Crippen LogP contribution in [0.25, 0.3) is 0 Å². The Labute approximate surface area is 184 Å². The number of aryl methyl sites for hydroxylation is 1. The molecule has 1 saturated heterocycles. The topological polar surface area (TPSA) is 110 Å². The standard InChI is InChI=1S/C22H37N5O4/c1-17(28)25-22(10-6-4-5-7-11-22)20-24-19(31-26-20)9-8-18(29)23-16-21(2,3)27-12-14-30-15-13-27/h4-16H2,1-3H3,(H,23,29)(H,25,28). The van der Waals surface area contributed by atoms with Gasteiger partial charge < -0.3 is 19.9 Å². The molecule has 1 aliphatic carbocycles. The fraction of sp³-hybridized carbons (Fsp3) is 0.818. The highest BCUT2D eigenvalue weighted by Gasteiger charge is 2.38. The van der Waals surface area contributed by atoms with Gasteiger partial charge in [-0.2, -0.15) is 4.98 Å². The van der Waals surface area contributed by atoms with E-state index in [2.05, 4.69) is 39.5 Å². The van der Waals surface area contributed by atoms with Crippen LogP contribution in [-0.4, -0.2) is 65.2 Å². The zero-order valence-electron chi connectivity index (χ0n) is 19.2. The van der Waals surface area contributed by atoms with Crippen LogP contribution in [0.15, 0.2) is 4.52 Å². The van der Waals surface area contributed by atoms with E-state index in [-0.39, 0.29) is 23.8 Å². The highest BCUT2D eigenvalue weighted by atomic mass is 16.5. The minimum absolute atomic E-state index is 0.0351. The molecule has 1 aliphatic heterocycles. The van der Waals surface area contributed by atoms with Gasteiger partial charge in [0.05, 0.1) is 13.2 Å². The van der Waals surface area contributed by atoms with Gasteiger partial charge in [-0.3, -0.25) is 14.5 Å². The van der Waals surface area contributed by atoms with Gasteiger partial charge in [-0.1, -0.05) is 30.8 Å². The summed E-state index contributed by atoms with van der Waals surface area (Å²) in [7, 11) is 0. The fourth-order valence-corrected chi connectivity index (χ4v) is 4.53. The third-order valence-electron chi connectivity index (χ3n) is 6.42. The molecule has 2 aliphatic rings. The highest BCUT2D eigenvalue weighted by molar-refractivity contribution is 5.76. The summed E-state index contributed by atoms with van der Waals surface area (Å²) in [4.78, 5) is 31.1. The van der Waals surface area contributed by atoms with Crippen molar-refractivity contribution >= 4 is 11.8 Å². The zero-order valence-corrected chi connectivity index (χ0v) is 19.2. The lowest BCUT2D eigenvalue weighted by Gasteiger charge is -2.40. The summed E-state index contributed by atoms with van der Waals surface area (Å²) in [5.41, 5.74) is -0.685. The summed E-state index contributed by atoms with van der Waals surface area (Å²) in [5.74, 6) is 0.850. The first-order chi connectivity index (χ1) is 14.8. The Kier molecular flexibility index (Phi) is 8.05. The van der Waals surface area contributed by atoms with Crippen LogP contribution in [0.3, 0.4) is 0 Å². The van der Waals surface area contributed by atoms with E-state index in [1.54, 1.807) is 0 Å². The molecule has 0 unspecified atom stereocenters. The van der Waals surface area contributed by atoms with Crippen molar-refractivity contribution in [3.05, 3.63) is 11.7 Å². The first-order valence-electron chi connectivity index (χ1n) is 11.5. The lowest BCUT2D eigenvalue weighted by atomic mass is 9.89. The van der Waals surface area contributed by atoms with Gasteiger partial charge in [0.1, 0.15) is 5.54 Å². The second-order valence-electron chi connectivity index (χ2n) is 9.38. The van der Waals surface area contributed by atoms with Crippen LogP contribution in [0, 0.1) is 0 Å². The summed E-state index contributed by atoms with van der Waals surface area (Å²) in [5, 5.41) is 10.3. The van der Waals surface area contributed by atoms with Gasteiger partial charge in [0, 0.05) is 44.9 Å². The third kappa shape index (κ3) is 6.49. The van der Waals surface area contributed by atoms with Crippen molar-refractivity contribution < 1.29 is 18.8 Å². The molecule has 0 aromatic carbocycles. The lowest BCUT2D eigenvalue weighted by Crippen LogP contribution is -2.55. The van der Waals surface area contributed by atoms with Crippen LogP contribution in [0.4, 0.5) is 0 Å². The SMILES string of the molecule is CC(=O)NC1(c2noc(CCC(=O)NCC(C)(C)N3CCOCC3)n2)CCCCCC1. The molecule has 2 heterocycles. The molecule has 1 aromatic rings. The predicted octanol–water partition coefficient (Wildman–Crippen LogP) is 1.91. The third-order valence-corrected chi connectivity index (χ3v) is 6.42. The average Bonchev–Trinajstić information content (AvgIpc) is 3.11. The Hall–Kier alpha value is -2.00. The van der Waals surface area contributed by atoms with Crippen LogP contribution < -0.4 is 10.6 Å². The van der Waals surface area contributed by atoms with Gasteiger partial charge in [-0.25, -0.2) is 0 Å². The van der Waals surface area contributed by atoms with Crippen molar-refractivity contribution in [2.24, 2.45) is 0 Å². The van der Waals surface area contributed by atoms with Crippen LogP contribution in [-0.2, 0) is 26.3 Å². The molecule has 2 fully saturated rings. The molecule has 2 amide bonds. The van der Waals surface area contributed by atoms with Crippen molar-refractivity contribution in [2.45, 2.75) is 83.2 Å². The number of nitrogens with zero attached hydrogens (tertiary/aromatic N) is 3. The maximum atomic E-state index is 12.4. The number of hydrogen-bond donors (Lipinski definition) is 2. The number of nitrogens with one attached hydrogen (secondary N) is 2. The minimum Gasteiger partial charge on any atom is -0.379 e. The predicted molar refractivity (Wildman–Crippen MR) is 115 cm³/mol. The van der Waals surface area contributed by atoms with E-state index in [1.165, 1.54) is 6.92 Å². The summed E-state index contributed by atoms with van der Waals surface area (Å²) < 4.78 is 10.9. The molecular weight excluding hydrogens is 398 g/mol. The maximum absolute atomic E-state index is 12.4. The Morgan fingerprint density at radius 3 is 2.45 bits per heavy atom. The molecule has 2 N–H and O–H groups in total. The Balaban J connectivity index is 1.53. The number of morpholine rings is 1. The number of carbonyl (C=O) groups is 2. The van der Waals surface area contributed by atoms with Crippen LogP contribution in [0.5, 0.6) is 0 Å². The molecule has 1 aromatic heterocycles. The number of hydrogen-bond acceptors (Lipinski definition) is 7. The maximum Gasteiger partial charge on any atom is 0.227 e. The molecule has 3 rings (SSSR count). The van der Waals surface area contributed by atoms with Crippen LogP contribution in [0.1, 0.15) is 77.4 Å². The molecule has 9 nitrogen and oxygen atoms in total. The van der Waals surface area contributed by atoms with E-state index < -0.39 is 5.54 Å². The number of carbonyl (C=O) groups excluding carboxylic acids is 2. The van der Waals surface area contributed by atoms with Crippen LogP contribution in [0.2, 0.25) is 0 Å².